The minimum absolute atomic E-state index is 0.384. The highest BCUT2D eigenvalue weighted by Crippen LogP contribution is 2.30. The number of thiophene rings is 1. The summed E-state index contributed by atoms with van der Waals surface area (Å²) in [5, 5.41) is 6.70. The minimum atomic E-state index is 0.384. The van der Waals surface area contributed by atoms with E-state index in [0.29, 0.717) is 6.04 Å². The second-order valence-corrected chi connectivity index (χ2v) is 7.72. The first-order valence-corrected chi connectivity index (χ1v) is 9.75. The van der Waals surface area contributed by atoms with Gasteiger partial charge in [0.1, 0.15) is 12.1 Å². The summed E-state index contributed by atoms with van der Waals surface area (Å²) in [7, 11) is 0. The number of aromatic nitrogens is 3. The average molecular weight is 353 g/mol. The first-order chi connectivity index (χ1) is 12.3. The lowest BCUT2D eigenvalue weighted by molar-refractivity contribution is 0.145. The molecule has 0 spiro atoms. The summed E-state index contributed by atoms with van der Waals surface area (Å²) in [4.78, 5) is 17.0. The highest BCUT2D eigenvalue weighted by Gasteiger charge is 2.25. The van der Waals surface area contributed by atoms with Crippen LogP contribution < -0.4 is 5.32 Å². The lowest BCUT2D eigenvalue weighted by Gasteiger charge is -2.36. The van der Waals surface area contributed by atoms with E-state index in [2.05, 4.69) is 49.6 Å². The molecule has 1 unspecified atom stereocenters. The number of rotatable bonds is 5. The number of fused-ring (bicyclic) bond motifs is 1. The number of piperidine rings is 1. The molecule has 1 fully saturated rings. The van der Waals surface area contributed by atoms with Crippen LogP contribution in [0.4, 0.5) is 5.82 Å². The van der Waals surface area contributed by atoms with E-state index >= 15 is 0 Å². The molecule has 25 heavy (non-hydrogen) atoms. The summed E-state index contributed by atoms with van der Waals surface area (Å²) < 4.78 is 0. The molecule has 130 valence electrons. The zero-order chi connectivity index (χ0) is 17.1. The zero-order valence-corrected chi connectivity index (χ0v) is 15.2. The summed E-state index contributed by atoms with van der Waals surface area (Å²) in [6.07, 6.45) is 7.78. The summed E-state index contributed by atoms with van der Waals surface area (Å²) in [6.45, 7) is 5.53. The smallest absolute Gasteiger partial charge is 0.137 e. The van der Waals surface area contributed by atoms with Crippen LogP contribution in [0.15, 0.2) is 42.3 Å². The molecule has 1 aliphatic heterocycles. The molecule has 6 heteroatoms. The zero-order valence-electron chi connectivity index (χ0n) is 14.4. The Balaban J connectivity index is 1.54. The van der Waals surface area contributed by atoms with Crippen LogP contribution in [0.1, 0.15) is 30.7 Å². The first-order valence-electron chi connectivity index (χ1n) is 8.87. The fraction of sp³-hybridized carbons (Fsp3) is 0.421. The number of likely N-dealkylation sites (tertiary alicyclic amines) is 1. The summed E-state index contributed by atoms with van der Waals surface area (Å²) in [6, 6.07) is 6.69. The van der Waals surface area contributed by atoms with Crippen molar-refractivity contribution >= 4 is 28.1 Å². The number of pyridine rings is 1. The predicted molar refractivity (Wildman–Crippen MR) is 103 cm³/mol. The van der Waals surface area contributed by atoms with Crippen LogP contribution in [0.25, 0.3) is 10.9 Å². The molecule has 0 bridgehead atoms. The summed E-state index contributed by atoms with van der Waals surface area (Å²) >= 11 is 1.84. The quantitative estimate of drug-likeness (QED) is 0.752. The standard InChI is InChI=1S/C19H23N5S/c1-14-5-8-24(9-6-14)17(18-3-2-10-25-18)12-22-19-15-11-20-13-23-16(15)4-7-21-19/h2-4,7,10-11,13-14,17H,5-6,8-9,12H2,1H3,(H,21,22). The van der Waals surface area contributed by atoms with E-state index in [1.165, 1.54) is 17.7 Å². The van der Waals surface area contributed by atoms with Crippen molar-refractivity contribution in [3.63, 3.8) is 0 Å². The van der Waals surface area contributed by atoms with Gasteiger partial charge in [-0.3, -0.25) is 4.90 Å². The SMILES string of the molecule is CC1CCN(C(CNc2nccc3ncncc23)c2cccs2)CC1. The lowest BCUT2D eigenvalue weighted by atomic mass is 9.97. The second-order valence-electron chi connectivity index (χ2n) is 6.75. The van der Waals surface area contributed by atoms with Gasteiger partial charge in [0.2, 0.25) is 0 Å². The number of nitrogens with zero attached hydrogens (tertiary/aromatic N) is 4. The van der Waals surface area contributed by atoms with Gasteiger partial charge in [0.05, 0.1) is 16.9 Å². The Morgan fingerprint density at radius 3 is 2.96 bits per heavy atom. The van der Waals surface area contributed by atoms with Crippen molar-refractivity contribution in [2.45, 2.75) is 25.8 Å². The Morgan fingerprint density at radius 2 is 2.16 bits per heavy atom. The van der Waals surface area contributed by atoms with Crippen molar-refractivity contribution in [1.82, 2.24) is 19.9 Å². The maximum Gasteiger partial charge on any atom is 0.137 e. The molecular weight excluding hydrogens is 330 g/mol. The molecule has 3 aromatic rings. The maximum atomic E-state index is 4.51. The minimum Gasteiger partial charge on any atom is -0.368 e. The Hall–Kier alpha value is -2.05. The Bertz CT molecular complexity index is 806. The molecule has 0 radical (unpaired) electrons. The van der Waals surface area contributed by atoms with Crippen molar-refractivity contribution in [2.24, 2.45) is 5.92 Å². The molecule has 4 heterocycles. The fourth-order valence-electron chi connectivity index (χ4n) is 3.47. The van der Waals surface area contributed by atoms with Gasteiger partial charge in [0, 0.05) is 23.8 Å². The fourth-order valence-corrected chi connectivity index (χ4v) is 4.33. The number of nitrogens with one attached hydrogen (secondary N) is 1. The first kappa shape index (κ1) is 16.4. The lowest BCUT2D eigenvalue weighted by Crippen LogP contribution is -2.38. The van der Waals surface area contributed by atoms with Gasteiger partial charge in [-0.15, -0.1) is 11.3 Å². The molecular formula is C19H23N5S. The van der Waals surface area contributed by atoms with Crippen molar-refractivity contribution in [1.29, 1.82) is 0 Å². The Kier molecular flexibility index (Phi) is 4.90. The third-order valence-electron chi connectivity index (χ3n) is 5.03. The van der Waals surface area contributed by atoms with E-state index in [4.69, 9.17) is 0 Å². The van der Waals surface area contributed by atoms with Crippen LogP contribution >= 0.6 is 11.3 Å². The largest absolute Gasteiger partial charge is 0.368 e. The van der Waals surface area contributed by atoms with Gasteiger partial charge >= 0.3 is 0 Å². The molecule has 3 aromatic heterocycles. The number of hydrogen-bond donors (Lipinski definition) is 1. The van der Waals surface area contributed by atoms with Crippen molar-refractivity contribution in [2.75, 3.05) is 25.0 Å². The molecule has 0 aromatic carbocycles. The monoisotopic (exact) mass is 353 g/mol. The van der Waals surface area contributed by atoms with Crippen molar-refractivity contribution in [3.8, 4) is 0 Å². The third kappa shape index (κ3) is 3.65. The van der Waals surface area contributed by atoms with E-state index in [9.17, 15) is 0 Å². The molecule has 1 saturated heterocycles. The average Bonchev–Trinajstić information content (AvgIpc) is 3.18. The van der Waals surface area contributed by atoms with Gasteiger partial charge in [-0.25, -0.2) is 15.0 Å². The molecule has 5 nitrogen and oxygen atoms in total. The summed E-state index contributed by atoms with van der Waals surface area (Å²) in [5.74, 6) is 1.70. The van der Waals surface area contributed by atoms with Crippen LogP contribution in [0.2, 0.25) is 0 Å². The van der Waals surface area contributed by atoms with E-state index in [1.807, 2.05) is 23.6 Å². The Labute approximate surface area is 152 Å². The van der Waals surface area contributed by atoms with Gasteiger partial charge in [0.15, 0.2) is 0 Å². The van der Waals surface area contributed by atoms with E-state index in [-0.39, 0.29) is 0 Å². The summed E-state index contributed by atoms with van der Waals surface area (Å²) in [5.41, 5.74) is 0.923. The highest BCUT2D eigenvalue weighted by molar-refractivity contribution is 7.10. The van der Waals surface area contributed by atoms with Gasteiger partial charge in [-0.1, -0.05) is 13.0 Å². The molecule has 0 saturated carbocycles. The topological polar surface area (TPSA) is 53.9 Å². The van der Waals surface area contributed by atoms with Crippen LogP contribution in [0.3, 0.4) is 0 Å². The van der Waals surface area contributed by atoms with Crippen molar-refractivity contribution < 1.29 is 0 Å². The van der Waals surface area contributed by atoms with Gasteiger partial charge in [-0.2, -0.15) is 0 Å². The van der Waals surface area contributed by atoms with Crippen LogP contribution in [0.5, 0.6) is 0 Å². The van der Waals surface area contributed by atoms with Gasteiger partial charge in [0.25, 0.3) is 0 Å². The number of anilines is 1. The maximum absolute atomic E-state index is 4.51. The van der Waals surface area contributed by atoms with Gasteiger partial charge in [-0.05, 0) is 49.4 Å². The molecule has 0 amide bonds. The highest BCUT2D eigenvalue weighted by atomic mass is 32.1. The van der Waals surface area contributed by atoms with Crippen LogP contribution in [-0.4, -0.2) is 39.5 Å². The Morgan fingerprint density at radius 1 is 1.28 bits per heavy atom. The molecule has 4 rings (SSSR count). The normalized spacial score (nSPS) is 17.6. The van der Waals surface area contributed by atoms with E-state index < -0.39 is 0 Å². The van der Waals surface area contributed by atoms with E-state index in [1.54, 1.807) is 12.5 Å². The molecule has 1 N–H and O–H groups in total. The van der Waals surface area contributed by atoms with Crippen LogP contribution in [-0.2, 0) is 0 Å². The molecule has 1 atom stereocenters. The van der Waals surface area contributed by atoms with Crippen molar-refractivity contribution in [3.05, 3.63) is 47.2 Å². The molecule has 0 aliphatic carbocycles. The third-order valence-corrected chi connectivity index (χ3v) is 6.00. The van der Waals surface area contributed by atoms with Crippen LogP contribution in [0, 0.1) is 5.92 Å². The van der Waals surface area contributed by atoms with E-state index in [0.717, 1.165) is 42.3 Å². The van der Waals surface area contributed by atoms with Gasteiger partial charge < -0.3 is 5.32 Å². The predicted octanol–water partition coefficient (Wildman–Crippen LogP) is 3.97. The molecule has 1 aliphatic rings. The number of hydrogen-bond acceptors (Lipinski definition) is 6. The second kappa shape index (κ2) is 7.45.